The first kappa shape index (κ1) is 22.3. The highest BCUT2D eigenvalue weighted by Crippen LogP contribution is 2.43. The average Bonchev–Trinajstić information content (AvgIpc) is 3.40. The molecule has 2 aromatic heterocycles. The van der Waals surface area contributed by atoms with Crippen LogP contribution >= 0.6 is 11.6 Å². The molecule has 176 valence electrons. The van der Waals surface area contributed by atoms with E-state index in [-0.39, 0.29) is 24.5 Å². The minimum atomic E-state index is -4.51. The molecular weight excluding hydrogens is 467 g/mol. The minimum Gasteiger partial charge on any atom is -0.363 e. The van der Waals surface area contributed by atoms with Crippen LogP contribution < -0.4 is 10.6 Å². The molecular formula is C24H21ClF3N5O. The van der Waals surface area contributed by atoms with Crippen molar-refractivity contribution in [1.29, 1.82) is 0 Å². The lowest BCUT2D eigenvalue weighted by atomic mass is 9.96. The van der Waals surface area contributed by atoms with Gasteiger partial charge in [-0.3, -0.25) is 4.79 Å². The van der Waals surface area contributed by atoms with Gasteiger partial charge in [-0.05, 0) is 36.8 Å². The summed E-state index contributed by atoms with van der Waals surface area (Å²) >= 11 is 6.00. The van der Waals surface area contributed by atoms with Crippen molar-refractivity contribution in [3.05, 3.63) is 82.1 Å². The molecule has 4 aromatic rings. The number of alkyl halides is 3. The van der Waals surface area contributed by atoms with Gasteiger partial charge in [0.15, 0.2) is 11.7 Å². The topological polar surface area (TPSA) is 74.7 Å². The Balaban J connectivity index is 1.36. The van der Waals surface area contributed by atoms with E-state index in [4.69, 9.17) is 11.6 Å². The maximum atomic E-state index is 13.9. The summed E-state index contributed by atoms with van der Waals surface area (Å²) in [7, 11) is 0. The second kappa shape index (κ2) is 8.39. The number of hydrogen-bond acceptors (Lipinski definition) is 3. The molecule has 0 bridgehead atoms. The van der Waals surface area contributed by atoms with Crippen molar-refractivity contribution in [3.63, 3.8) is 0 Å². The van der Waals surface area contributed by atoms with E-state index in [0.29, 0.717) is 5.02 Å². The van der Waals surface area contributed by atoms with Crippen LogP contribution in [0.4, 0.5) is 19.0 Å². The summed E-state index contributed by atoms with van der Waals surface area (Å²) in [6, 6.07) is 13.6. The quantitative estimate of drug-likeness (QED) is 0.334. The zero-order valence-electron chi connectivity index (χ0n) is 18.1. The van der Waals surface area contributed by atoms with Gasteiger partial charge in [0.25, 0.3) is 5.91 Å². The molecule has 2 aromatic carbocycles. The highest BCUT2D eigenvalue weighted by Gasteiger charge is 2.46. The lowest BCUT2D eigenvalue weighted by Gasteiger charge is -2.33. The Morgan fingerprint density at radius 3 is 2.68 bits per heavy atom. The number of rotatable bonds is 4. The Kier molecular flexibility index (Phi) is 5.51. The van der Waals surface area contributed by atoms with Gasteiger partial charge in [-0.2, -0.15) is 18.3 Å². The number of aromatic amines is 1. The first-order valence-corrected chi connectivity index (χ1v) is 11.1. The number of hydrogen-bond donors (Lipinski definition) is 3. The highest BCUT2D eigenvalue weighted by molar-refractivity contribution is 6.31. The number of aryl methyl sites for hydroxylation is 1. The molecule has 0 fully saturated rings. The monoisotopic (exact) mass is 487 g/mol. The SMILES string of the molecule is Cc1ccc([C@@H]2C[C@@H](C(F)(F)F)n3nc(C(=O)NCc4cc5cc(Cl)ccc5[nH]4)cc3N2)cc1. The van der Waals surface area contributed by atoms with E-state index >= 15 is 0 Å². The maximum Gasteiger partial charge on any atom is 0.410 e. The molecule has 1 aliphatic heterocycles. The number of carbonyl (C=O) groups excluding carboxylic acids is 1. The third kappa shape index (κ3) is 4.35. The molecule has 0 aliphatic carbocycles. The van der Waals surface area contributed by atoms with Crippen LogP contribution in [-0.2, 0) is 6.54 Å². The van der Waals surface area contributed by atoms with Gasteiger partial charge in [0.1, 0.15) is 5.82 Å². The summed E-state index contributed by atoms with van der Waals surface area (Å²) in [5, 5.41) is 11.3. The van der Waals surface area contributed by atoms with Crippen molar-refractivity contribution in [2.45, 2.75) is 38.1 Å². The van der Waals surface area contributed by atoms with Crippen LogP contribution in [0.3, 0.4) is 0 Å². The normalized spacial score (nSPS) is 17.9. The number of nitrogens with zero attached hydrogens (tertiary/aromatic N) is 2. The number of fused-ring (bicyclic) bond motifs is 2. The lowest BCUT2D eigenvalue weighted by molar-refractivity contribution is -0.173. The zero-order valence-corrected chi connectivity index (χ0v) is 18.8. The first-order chi connectivity index (χ1) is 16.2. The molecule has 5 rings (SSSR count). The molecule has 1 aliphatic rings. The van der Waals surface area contributed by atoms with Gasteiger partial charge in [-0.25, -0.2) is 4.68 Å². The Labute approximate surface area is 198 Å². The maximum absolute atomic E-state index is 13.9. The molecule has 0 saturated heterocycles. The van der Waals surface area contributed by atoms with Gasteiger partial charge in [0.05, 0.1) is 12.6 Å². The van der Waals surface area contributed by atoms with Crippen LogP contribution in [0.15, 0.2) is 54.6 Å². The molecule has 3 heterocycles. The minimum absolute atomic E-state index is 0.0829. The standard InChI is InChI=1S/C24H21ClF3N5O/c1-13-2-4-14(5-3-13)19-10-21(24(26,27)28)33-22(31-19)11-20(32-33)23(34)29-12-17-9-15-8-16(25)6-7-18(15)30-17/h2-9,11,19,21,30-31H,10,12H2,1H3,(H,29,34)/t19-,21-/m0/s1. The Morgan fingerprint density at radius 1 is 1.18 bits per heavy atom. The number of halogens is 4. The third-order valence-corrected chi connectivity index (χ3v) is 6.22. The van der Waals surface area contributed by atoms with Crippen molar-refractivity contribution in [2.24, 2.45) is 0 Å². The molecule has 0 unspecified atom stereocenters. The van der Waals surface area contributed by atoms with Crippen LogP contribution in [0.25, 0.3) is 10.9 Å². The fourth-order valence-electron chi connectivity index (χ4n) is 4.23. The first-order valence-electron chi connectivity index (χ1n) is 10.7. The average molecular weight is 488 g/mol. The Bertz CT molecular complexity index is 1360. The largest absolute Gasteiger partial charge is 0.410 e. The van der Waals surface area contributed by atoms with E-state index < -0.39 is 24.2 Å². The van der Waals surface area contributed by atoms with E-state index in [1.54, 1.807) is 12.1 Å². The van der Waals surface area contributed by atoms with Crippen molar-refractivity contribution >= 4 is 34.2 Å². The van der Waals surface area contributed by atoms with Gasteiger partial charge >= 0.3 is 6.18 Å². The van der Waals surface area contributed by atoms with Crippen molar-refractivity contribution < 1.29 is 18.0 Å². The number of benzene rings is 2. The van der Waals surface area contributed by atoms with E-state index in [1.165, 1.54) is 6.07 Å². The summed E-state index contributed by atoms with van der Waals surface area (Å²) in [4.78, 5) is 15.9. The molecule has 2 atom stereocenters. The molecule has 1 amide bonds. The highest BCUT2D eigenvalue weighted by atomic mass is 35.5. The van der Waals surface area contributed by atoms with E-state index in [9.17, 15) is 18.0 Å². The number of anilines is 1. The number of nitrogens with one attached hydrogen (secondary N) is 3. The number of amides is 1. The lowest BCUT2D eigenvalue weighted by Crippen LogP contribution is -2.35. The molecule has 6 nitrogen and oxygen atoms in total. The van der Waals surface area contributed by atoms with Crippen LogP contribution in [0.2, 0.25) is 5.02 Å². The van der Waals surface area contributed by atoms with Crippen LogP contribution in [0.1, 0.15) is 45.8 Å². The van der Waals surface area contributed by atoms with Gasteiger partial charge in [0.2, 0.25) is 0 Å². The molecule has 0 saturated carbocycles. The smallest absolute Gasteiger partial charge is 0.363 e. The molecule has 34 heavy (non-hydrogen) atoms. The van der Waals surface area contributed by atoms with Crippen molar-refractivity contribution in [1.82, 2.24) is 20.1 Å². The van der Waals surface area contributed by atoms with Gasteiger partial charge in [0, 0.05) is 34.1 Å². The number of aromatic nitrogens is 3. The summed E-state index contributed by atoms with van der Waals surface area (Å²) in [5.74, 6) is -0.405. The van der Waals surface area contributed by atoms with Crippen molar-refractivity contribution in [3.8, 4) is 0 Å². The van der Waals surface area contributed by atoms with Gasteiger partial charge in [-0.1, -0.05) is 41.4 Å². The summed E-state index contributed by atoms with van der Waals surface area (Å²) < 4.78 is 42.5. The fourth-order valence-corrected chi connectivity index (χ4v) is 4.41. The summed E-state index contributed by atoms with van der Waals surface area (Å²) in [6.07, 6.45) is -4.73. The third-order valence-electron chi connectivity index (χ3n) is 5.98. The van der Waals surface area contributed by atoms with Gasteiger partial charge in [-0.15, -0.1) is 0 Å². The Hall–Kier alpha value is -3.46. The second-order valence-electron chi connectivity index (χ2n) is 8.47. The van der Waals surface area contributed by atoms with E-state index in [1.807, 2.05) is 43.3 Å². The second-order valence-corrected chi connectivity index (χ2v) is 8.91. The van der Waals surface area contributed by atoms with E-state index in [0.717, 1.165) is 32.4 Å². The van der Waals surface area contributed by atoms with Gasteiger partial charge < -0.3 is 15.6 Å². The van der Waals surface area contributed by atoms with Crippen LogP contribution in [-0.4, -0.2) is 26.8 Å². The number of carbonyl (C=O) groups is 1. The molecule has 0 spiro atoms. The number of H-pyrrole nitrogens is 1. The molecule has 3 N–H and O–H groups in total. The predicted molar refractivity (Wildman–Crippen MR) is 124 cm³/mol. The van der Waals surface area contributed by atoms with E-state index in [2.05, 4.69) is 20.7 Å². The van der Waals surface area contributed by atoms with Crippen LogP contribution in [0, 0.1) is 6.92 Å². The van der Waals surface area contributed by atoms with Crippen LogP contribution in [0.5, 0.6) is 0 Å². The van der Waals surface area contributed by atoms with Crippen molar-refractivity contribution in [2.75, 3.05) is 5.32 Å². The fraction of sp³-hybridized carbons (Fsp3) is 0.250. The zero-order chi connectivity index (χ0) is 24.0. The molecule has 0 radical (unpaired) electrons. The molecule has 10 heteroatoms. The summed E-state index contributed by atoms with van der Waals surface area (Å²) in [6.45, 7) is 2.08. The summed E-state index contributed by atoms with van der Waals surface area (Å²) in [5.41, 5.74) is 3.29. The Morgan fingerprint density at radius 2 is 1.94 bits per heavy atom. The predicted octanol–water partition coefficient (Wildman–Crippen LogP) is 5.92.